The van der Waals surface area contributed by atoms with Crippen LogP contribution >= 0.6 is 0 Å². The lowest BCUT2D eigenvalue weighted by Gasteiger charge is -2.21. The maximum atomic E-state index is 5.75. The summed E-state index contributed by atoms with van der Waals surface area (Å²) in [4.78, 5) is 4.33. The van der Waals surface area contributed by atoms with E-state index in [2.05, 4.69) is 23.3 Å². The number of pyridine rings is 1. The fraction of sp³-hybridized carbons (Fsp3) is 0.688. The minimum Gasteiger partial charge on any atom is -0.475 e. The molecule has 2 rings (SSSR count). The van der Waals surface area contributed by atoms with Crippen molar-refractivity contribution in [2.75, 3.05) is 0 Å². The van der Waals surface area contributed by atoms with Crippen LogP contribution in [0.3, 0.4) is 0 Å². The Morgan fingerprint density at radius 3 is 2.74 bits per heavy atom. The summed E-state index contributed by atoms with van der Waals surface area (Å²) in [5, 5.41) is 3.63. The van der Waals surface area contributed by atoms with Gasteiger partial charge < -0.3 is 10.1 Å². The molecule has 1 atom stereocenters. The molecule has 3 heteroatoms. The third-order valence-electron chi connectivity index (χ3n) is 3.92. The van der Waals surface area contributed by atoms with Gasteiger partial charge in [-0.05, 0) is 45.6 Å². The van der Waals surface area contributed by atoms with Crippen LogP contribution in [0.1, 0.15) is 52.0 Å². The SMILES string of the molecule is CC(C)Oc1ncccc1CNC(C)C1CCCC1. The lowest BCUT2D eigenvalue weighted by atomic mass is 10.00. The number of aromatic nitrogens is 1. The molecule has 0 amide bonds. The largest absolute Gasteiger partial charge is 0.475 e. The van der Waals surface area contributed by atoms with Gasteiger partial charge in [0, 0.05) is 24.3 Å². The van der Waals surface area contributed by atoms with Crippen LogP contribution in [0.5, 0.6) is 5.88 Å². The number of ether oxygens (including phenoxy) is 1. The van der Waals surface area contributed by atoms with Gasteiger partial charge in [0.05, 0.1) is 6.10 Å². The molecule has 0 radical (unpaired) electrons. The van der Waals surface area contributed by atoms with Gasteiger partial charge in [-0.1, -0.05) is 18.9 Å². The second-order valence-electron chi connectivity index (χ2n) is 5.85. The van der Waals surface area contributed by atoms with E-state index in [1.807, 2.05) is 19.9 Å². The Balaban J connectivity index is 1.91. The van der Waals surface area contributed by atoms with Gasteiger partial charge >= 0.3 is 0 Å². The van der Waals surface area contributed by atoms with Crippen molar-refractivity contribution in [3.05, 3.63) is 23.9 Å². The molecule has 1 aliphatic rings. The lowest BCUT2D eigenvalue weighted by molar-refractivity contribution is 0.229. The Hall–Kier alpha value is -1.09. The van der Waals surface area contributed by atoms with Crippen molar-refractivity contribution in [1.29, 1.82) is 0 Å². The minimum absolute atomic E-state index is 0.168. The molecule has 0 spiro atoms. The summed E-state index contributed by atoms with van der Waals surface area (Å²) in [6, 6.07) is 4.65. The summed E-state index contributed by atoms with van der Waals surface area (Å²) < 4.78 is 5.75. The quantitative estimate of drug-likeness (QED) is 0.851. The van der Waals surface area contributed by atoms with E-state index in [9.17, 15) is 0 Å². The van der Waals surface area contributed by atoms with Gasteiger partial charge in [-0.3, -0.25) is 0 Å². The Labute approximate surface area is 116 Å². The first kappa shape index (κ1) is 14.3. The van der Waals surface area contributed by atoms with E-state index < -0.39 is 0 Å². The monoisotopic (exact) mass is 262 g/mol. The lowest BCUT2D eigenvalue weighted by Crippen LogP contribution is -2.32. The Morgan fingerprint density at radius 2 is 2.05 bits per heavy atom. The molecular formula is C16H26N2O. The van der Waals surface area contributed by atoms with Crippen molar-refractivity contribution in [3.8, 4) is 5.88 Å². The molecule has 1 heterocycles. The number of hydrogen-bond donors (Lipinski definition) is 1. The smallest absolute Gasteiger partial charge is 0.218 e. The van der Waals surface area contributed by atoms with Gasteiger partial charge in [0.25, 0.3) is 0 Å². The van der Waals surface area contributed by atoms with Gasteiger partial charge in [-0.15, -0.1) is 0 Å². The van der Waals surface area contributed by atoms with Crippen LogP contribution in [-0.2, 0) is 6.54 Å². The van der Waals surface area contributed by atoms with E-state index in [-0.39, 0.29) is 6.10 Å². The van der Waals surface area contributed by atoms with E-state index in [0.717, 1.165) is 23.9 Å². The highest BCUT2D eigenvalue weighted by Gasteiger charge is 2.21. The van der Waals surface area contributed by atoms with Crippen molar-refractivity contribution >= 4 is 0 Å². The maximum Gasteiger partial charge on any atom is 0.218 e. The highest BCUT2D eigenvalue weighted by Crippen LogP contribution is 2.27. The van der Waals surface area contributed by atoms with Crippen molar-refractivity contribution in [2.24, 2.45) is 5.92 Å². The molecule has 1 unspecified atom stereocenters. The van der Waals surface area contributed by atoms with Crippen molar-refractivity contribution in [1.82, 2.24) is 10.3 Å². The van der Waals surface area contributed by atoms with E-state index in [1.165, 1.54) is 25.7 Å². The normalized spacial score (nSPS) is 17.9. The fourth-order valence-corrected chi connectivity index (χ4v) is 2.78. The van der Waals surface area contributed by atoms with Crippen LogP contribution < -0.4 is 10.1 Å². The minimum atomic E-state index is 0.168. The van der Waals surface area contributed by atoms with Gasteiger partial charge in [0.1, 0.15) is 0 Å². The van der Waals surface area contributed by atoms with Crippen molar-refractivity contribution in [2.45, 2.75) is 65.1 Å². The highest BCUT2D eigenvalue weighted by atomic mass is 16.5. The van der Waals surface area contributed by atoms with E-state index in [4.69, 9.17) is 4.74 Å². The van der Waals surface area contributed by atoms with Crippen LogP contribution in [-0.4, -0.2) is 17.1 Å². The second kappa shape index (κ2) is 6.90. The molecule has 1 N–H and O–H groups in total. The molecule has 3 nitrogen and oxygen atoms in total. The van der Waals surface area contributed by atoms with Gasteiger partial charge in [0.2, 0.25) is 5.88 Å². The number of hydrogen-bond acceptors (Lipinski definition) is 3. The average molecular weight is 262 g/mol. The molecular weight excluding hydrogens is 236 g/mol. The van der Waals surface area contributed by atoms with Crippen LogP contribution in [0.15, 0.2) is 18.3 Å². The first-order chi connectivity index (χ1) is 9.16. The van der Waals surface area contributed by atoms with Gasteiger partial charge in [0.15, 0.2) is 0 Å². The Bertz CT molecular complexity index is 386. The Morgan fingerprint density at radius 1 is 1.32 bits per heavy atom. The number of rotatable bonds is 6. The molecule has 1 aromatic rings. The summed E-state index contributed by atoms with van der Waals surface area (Å²) in [5.74, 6) is 1.61. The van der Waals surface area contributed by atoms with Gasteiger partial charge in [-0.25, -0.2) is 4.98 Å². The van der Waals surface area contributed by atoms with Crippen LogP contribution in [0.4, 0.5) is 0 Å². The summed E-state index contributed by atoms with van der Waals surface area (Å²) in [7, 11) is 0. The molecule has 1 fully saturated rings. The Kier molecular flexibility index (Phi) is 5.20. The third kappa shape index (κ3) is 4.20. The van der Waals surface area contributed by atoms with Crippen LogP contribution in [0, 0.1) is 5.92 Å². The average Bonchev–Trinajstić information content (AvgIpc) is 2.90. The first-order valence-electron chi connectivity index (χ1n) is 7.50. The summed E-state index contributed by atoms with van der Waals surface area (Å²) in [6.07, 6.45) is 7.49. The van der Waals surface area contributed by atoms with Crippen LogP contribution in [0.2, 0.25) is 0 Å². The second-order valence-corrected chi connectivity index (χ2v) is 5.85. The molecule has 1 saturated carbocycles. The zero-order valence-electron chi connectivity index (χ0n) is 12.4. The predicted octanol–water partition coefficient (Wildman–Crippen LogP) is 3.54. The third-order valence-corrected chi connectivity index (χ3v) is 3.92. The van der Waals surface area contributed by atoms with E-state index in [1.54, 1.807) is 6.20 Å². The summed E-state index contributed by atoms with van der Waals surface area (Å²) in [5.41, 5.74) is 1.15. The number of nitrogens with zero attached hydrogens (tertiary/aromatic N) is 1. The van der Waals surface area contributed by atoms with Crippen LogP contribution in [0.25, 0.3) is 0 Å². The predicted molar refractivity (Wildman–Crippen MR) is 78.3 cm³/mol. The molecule has 0 saturated heterocycles. The molecule has 0 aliphatic heterocycles. The zero-order valence-corrected chi connectivity index (χ0v) is 12.4. The molecule has 1 aliphatic carbocycles. The molecule has 0 bridgehead atoms. The number of nitrogens with one attached hydrogen (secondary N) is 1. The molecule has 0 aromatic carbocycles. The zero-order chi connectivity index (χ0) is 13.7. The summed E-state index contributed by atoms with van der Waals surface area (Å²) in [6.45, 7) is 7.21. The van der Waals surface area contributed by atoms with Crippen molar-refractivity contribution < 1.29 is 4.74 Å². The van der Waals surface area contributed by atoms with E-state index >= 15 is 0 Å². The standard InChI is InChI=1S/C16H26N2O/c1-12(2)19-16-15(9-6-10-17-16)11-18-13(3)14-7-4-5-8-14/h6,9-10,12-14,18H,4-5,7-8,11H2,1-3H3. The maximum absolute atomic E-state index is 5.75. The fourth-order valence-electron chi connectivity index (χ4n) is 2.78. The topological polar surface area (TPSA) is 34.1 Å². The first-order valence-corrected chi connectivity index (χ1v) is 7.50. The summed E-state index contributed by atoms with van der Waals surface area (Å²) >= 11 is 0. The highest BCUT2D eigenvalue weighted by molar-refractivity contribution is 5.25. The molecule has 19 heavy (non-hydrogen) atoms. The molecule has 1 aromatic heterocycles. The van der Waals surface area contributed by atoms with Crippen molar-refractivity contribution in [3.63, 3.8) is 0 Å². The molecule has 106 valence electrons. The van der Waals surface area contributed by atoms with Gasteiger partial charge in [-0.2, -0.15) is 0 Å². The van der Waals surface area contributed by atoms with E-state index in [0.29, 0.717) is 6.04 Å².